The van der Waals surface area contributed by atoms with E-state index in [-0.39, 0.29) is 38.6 Å². The number of hydrogen-bond acceptors (Lipinski definition) is 8. The van der Waals surface area contributed by atoms with Crippen molar-refractivity contribution in [3.05, 3.63) is 97.2 Å². The van der Waals surface area contributed by atoms with Gasteiger partial charge in [-0.15, -0.1) is 0 Å². The summed E-state index contributed by atoms with van der Waals surface area (Å²) in [5.74, 6) is -2.28. The molecule has 0 radical (unpaired) electrons. The second-order valence-electron chi connectivity index (χ2n) is 24.4. The molecule has 484 valence electrons. The van der Waals surface area contributed by atoms with Gasteiger partial charge in [-0.1, -0.05) is 291 Å². The molecule has 0 amide bonds. The Bertz CT molecular complexity index is 1700. The summed E-state index contributed by atoms with van der Waals surface area (Å²) in [6, 6.07) is 0. The molecule has 0 bridgehead atoms. The lowest BCUT2D eigenvalue weighted by molar-refractivity contribution is -0.870. The van der Waals surface area contributed by atoms with Crippen LogP contribution in [0.25, 0.3) is 0 Å². The predicted molar refractivity (Wildman–Crippen MR) is 357 cm³/mol. The fourth-order valence-electron chi connectivity index (χ4n) is 9.75. The average Bonchev–Trinajstić information content (AvgIpc) is 3.52. The second-order valence-corrected chi connectivity index (χ2v) is 24.4. The molecule has 0 N–H and O–H groups in total. The highest BCUT2D eigenvalue weighted by atomic mass is 16.7. The average molecular weight is 1170 g/mol. The Kier molecular flexibility index (Phi) is 62.2. The van der Waals surface area contributed by atoms with Crippen molar-refractivity contribution in [2.45, 2.75) is 315 Å². The van der Waals surface area contributed by atoms with Gasteiger partial charge in [-0.05, 0) is 96.3 Å². The van der Waals surface area contributed by atoms with E-state index in [0.29, 0.717) is 17.4 Å². The highest BCUT2D eigenvalue weighted by molar-refractivity contribution is 5.70. The van der Waals surface area contributed by atoms with E-state index < -0.39 is 24.3 Å². The van der Waals surface area contributed by atoms with E-state index >= 15 is 0 Å². The van der Waals surface area contributed by atoms with Crippen LogP contribution in [0.15, 0.2) is 97.2 Å². The van der Waals surface area contributed by atoms with E-state index in [9.17, 15) is 19.5 Å². The predicted octanol–water partition coefficient (Wildman–Crippen LogP) is 20.3. The smallest absolute Gasteiger partial charge is 0.306 e. The highest BCUT2D eigenvalue weighted by Gasteiger charge is 2.22. The van der Waals surface area contributed by atoms with Gasteiger partial charge in [-0.25, -0.2) is 0 Å². The molecule has 0 aromatic carbocycles. The minimum absolute atomic E-state index is 0.145. The summed E-state index contributed by atoms with van der Waals surface area (Å²) >= 11 is 0. The zero-order chi connectivity index (χ0) is 61.2. The van der Waals surface area contributed by atoms with Crippen molar-refractivity contribution in [2.24, 2.45) is 0 Å². The summed E-state index contributed by atoms with van der Waals surface area (Å²) in [6.45, 7) is 4.63. The highest BCUT2D eigenvalue weighted by Crippen LogP contribution is 2.17. The normalized spacial score (nSPS) is 13.3. The Hall–Kier alpha value is -3.79. The van der Waals surface area contributed by atoms with Crippen LogP contribution in [-0.2, 0) is 33.3 Å². The number of likely N-dealkylation sites (N-methyl/N-ethyl adjacent to an activating group) is 1. The van der Waals surface area contributed by atoms with Crippen molar-refractivity contribution in [3.8, 4) is 0 Å². The monoisotopic (exact) mass is 1170 g/mol. The standard InChI is InChI=1S/C75H131NO8/c1-6-8-10-12-14-16-18-20-22-24-26-27-28-29-30-31-32-33-34-35-36-37-38-39-40-41-42-43-44-45-46-47-48-50-52-54-56-58-60-62-64-66-73(78)84-71(70-83-75(74(79)80)81-68-67-76(3,4)5)69-82-72(77)65-63-61-59-57-55-53-51-49-25-23-21-19-17-15-13-11-9-7-2/h8,10,14,16-17,19-20,22-23,25-27,29-30,32-33,71,75H,6-7,9,11-13,15,18,21,24,28,31,34-70H2,1-5H3/b10-8-,16-14-,19-17-,22-20-,25-23-,27-26-,30-29-,33-32-. The van der Waals surface area contributed by atoms with Crippen LogP contribution in [0, 0.1) is 0 Å². The summed E-state index contributed by atoms with van der Waals surface area (Å²) in [5.41, 5.74) is 0. The number of aliphatic carboxylic acids is 1. The quantitative estimate of drug-likeness (QED) is 0.0195. The molecule has 2 unspecified atom stereocenters. The second kappa shape index (κ2) is 65.2. The van der Waals surface area contributed by atoms with Crippen LogP contribution in [0.4, 0.5) is 0 Å². The lowest BCUT2D eigenvalue weighted by atomic mass is 10.0. The number of rotatable bonds is 64. The van der Waals surface area contributed by atoms with Crippen molar-refractivity contribution < 1.29 is 42.9 Å². The van der Waals surface area contributed by atoms with Crippen molar-refractivity contribution in [2.75, 3.05) is 47.5 Å². The fourth-order valence-corrected chi connectivity index (χ4v) is 9.75. The molecule has 0 rings (SSSR count). The third-order valence-corrected chi connectivity index (χ3v) is 15.1. The lowest BCUT2D eigenvalue weighted by Crippen LogP contribution is -2.44. The maximum Gasteiger partial charge on any atom is 0.306 e. The van der Waals surface area contributed by atoms with Gasteiger partial charge in [0, 0.05) is 12.8 Å². The van der Waals surface area contributed by atoms with E-state index in [4.69, 9.17) is 18.9 Å². The summed E-state index contributed by atoms with van der Waals surface area (Å²) in [6.07, 6.45) is 86.4. The van der Waals surface area contributed by atoms with Gasteiger partial charge >= 0.3 is 11.9 Å². The fraction of sp³-hybridized carbons (Fsp3) is 0.747. The van der Waals surface area contributed by atoms with Gasteiger partial charge in [-0.3, -0.25) is 9.59 Å². The number of unbranched alkanes of at least 4 members (excludes halogenated alkanes) is 33. The number of allylic oxidation sites excluding steroid dienone is 16. The first-order valence-corrected chi connectivity index (χ1v) is 34.9. The minimum atomic E-state index is -1.63. The van der Waals surface area contributed by atoms with E-state index in [0.717, 1.165) is 89.9 Å². The van der Waals surface area contributed by atoms with Gasteiger partial charge in [-0.2, -0.15) is 0 Å². The Morgan fingerprint density at radius 2 is 0.679 bits per heavy atom. The molecule has 0 saturated heterocycles. The maximum absolute atomic E-state index is 12.9. The van der Waals surface area contributed by atoms with Crippen molar-refractivity contribution >= 4 is 17.9 Å². The summed E-state index contributed by atoms with van der Waals surface area (Å²) in [5, 5.41) is 11.8. The number of hydrogen-bond donors (Lipinski definition) is 0. The Morgan fingerprint density at radius 3 is 1.01 bits per heavy atom. The molecule has 0 aliphatic heterocycles. The molecule has 0 heterocycles. The first-order chi connectivity index (χ1) is 41.1. The Balaban J connectivity index is 4.00. The third-order valence-electron chi connectivity index (χ3n) is 15.1. The van der Waals surface area contributed by atoms with Crippen LogP contribution >= 0.6 is 0 Å². The molecule has 0 fully saturated rings. The molecule has 0 aromatic heterocycles. The summed E-state index contributed by atoms with van der Waals surface area (Å²) < 4.78 is 22.8. The molecule has 9 heteroatoms. The number of quaternary nitrogens is 1. The largest absolute Gasteiger partial charge is 0.545 e. The number of esters is 2. The van der Waals surface area contributed by atoms with Crippen molar-refractivity contribution in [1.82, 2.24) is 0 Å². The van der Waals surface area contributed by atoms with Crippen LogP contribution in [-0.4, -0.2) is 82.3 Å². The number of carbonyl (C=O) groups is 3. The number of nitrogens with zero attached hydrogens (tertiary/aromatic N) is 1. The lowest BCUT2D eigenvalue weighted by Gasteiger charge is -2.26. The summed E-state index contributed by atoms with van der Waals surface area (Å²) in [4.78, 5) is 37.4. The molecule has 0 aromatic rings. The van der Waals surface area contributed by atoms with Crippen molar-refractivity contribution in [1.29, 1.82) is 0 Å². The van der Waals surface area contributed by atoms with E-state index in [1.54, 1.807) is 0 Å². The third kappa shape index (κ3) is 65.7. The first-order valence-electron chi connectivity index (χ1n) is 34.9. The molecule has 2 atom stereocenters. The number of ether oxygens (including phenoxy) is 4. The van der Waals surface area contributed by atoms with Gasteiger partial charge in [0.05, 0.1) is 40.3 Å². The van der Waals surface area contributed by atoms with Gasteiger partial charge < -0.3 is 33.3 Å². The number of carbonyl (C=O) groups excluding carboxylic acids is 3. The van der Waals surface area contributed by atoms with Crippen LogP contribution < -0.4 is 5.11 Å². The van der Waals surface area contributed by atoms with Gasteiger partial charge in [0.25, 0.3) is 0 Å². The van der Waals surface area contributed by atoms with E-state index in [1.807, 2.05) is 21.1 Å². The first kappa shape index (κ1) is 80.2. The molecular formula is C75H131NO8. The Morgan fingerprint density at radius 1 is 0.369 bits per heavy atom. The van der Waals surface area contributed by atoms with Crippen LogP contribution in [0.2, 0.25) is 0 Å². The molecule has 9 nitrogen and oxygen atoms in total. The van der Waals surface area contributed by atoms with E-state index in [1.165, 1.54) is 180 Å². The van der Waals surface area contributed by atoms with Gasteiger partial charge in [0.1, 0.15) is 13.2 Å². The SMILES string of the molecule is CC/C=C\C/C=C\C/C=C\C/C=C\C/C=C\C/C=C\CCCCCCCCCCCCCCCCCCCCCCCCC(=O)OC(COC(=O)CCCCCCCCC/C=C\C/C=C\CCCCCC)COC(OCC[N+](C)(C)C)C(=O)[O-]. The summed E-state index contributed by atoms with van der Waals surface area (Å²) in [7, 11) is 5.93. The zero-order valence-electron chi connectivity index (χ0n) is 55.3. The molecule has 0 saturated carbocycles. The molecule has 0 aliphatic carbocycles. The zero-order valence-corrected chi connectivity index (χ0v) is 55.3. The van der Waals surface area contributed by atoms with Gasteiger partial charge in [0.15, 0.2) is 12.4 Å². The van der Waals surface area contributed by atoms with Crippen LogP contribution in [0.1, 0.15) is 303 Å². The molecule has 0 aliphatic rings. The number of carboxylic acids is 1. The molecule has 0 spiro atoms. The van der Waals surface area contributed by atoms with Crippen molar-refractivity contribution in [3.63, 3.8) is 0 Å². The van der Waals surface area contributed by atoms with Crippen LogP contribution in [0.3, 0.4) is 0 Å². The van der Waals surface area contributed by atoms with Gasteiger partial charge in [0.2, 0.25) is 0 Å². The van der Waals surface area contributed by atoms with Crippen LogP contribution in [0.5, 0.6) is 0 Å². The molecule has 84 heavy (non-hydrogen) atoms. The van der Waals surface area contributed by atoms with E-state index in [2.05, 4.69) is 111 Å². The topological polar surface area (TPSA) is 111 Å². The molecular weight excluding hydrogens is 1040 g/mol. The number of carboxylic acid groups (broad SMARTS) is 1. The maximum atomic E-state index is 12.9. The Labute approximate surface area is 518 Å². The minimum Gasteiger partial charge on any atom is -0.545 e.